The number of nitrogens with zero attached hydrogens (tertiary/aromatic N) is 1. The van der Waals surface area contributed by atoms with Crippen molar-refractivity contribution in [3.8, 4) is 0 Å². The minimum atomic E-state index is -3.91. The monoisotopic (exact) mass is 436 g/mol. The minimum absolute atomic E-state index is 0.150. The summed E-state index contributed by atoms with van der Waals surface area (Å²) in [6, 6.07) is 21.1. The highest BCUT2D eigenvalue weighted by atomic mass is 32.2. The van der Waals surface area contributed by atoms with Gasteiger partial charge >= 0.3 is 0 Å². The fraction of sp³-hybridized carbons (Fsp3) is 0.240. The van der Waals surface area contributed by atoms with Gasteiger partial charge in [0.15, 0.2) is 0 Å². The lowest BCUT2D eigenvalue weighted by atomic mass is 10.0. The molecule has 3 rings (SSSR count). The minimum Gasteiger partial charge on any atom is -0.348 e. The van der Waals surface area contributed by atoms with Crippen LogP contribution in [0.4, 0.5) is 5.69 Å². The number of nitrogens with one attached hydrogen (secondary N) is 1. The number of carbonyl (C=O) groups is 1. The third-order valence-corrected chi connectivity index (χ3v) is 7.14. The lowest BCUT2D eigenvalue weighted by Gasteiger charge is -2.25. The van der Waals surface area contributed by atoms with Crippen LogP contribution in [-0.2, 0) is 14.8 Å². The van der Waals surface area contributed by atoms with E-state index in [1.165, 1.54) is 5.56 Å². The Morgan fingerprint density at radius 2 is 1.55 bits per heavy atom. The highest BCUT2D eigenvalue weighted by Crippen LogP contribution is 2.24. The van der Waals surface area contributed by atoms with E-state index in [0.717, 1.165) is 21.0 Å². The van der Waals surface area contributed by atoms with Crippen molar-refractivity contribution in [1.82, 2.24) is 5.32 Å². The van der Waals surface area contributed by atoms with Crippen molar-refractivity contribution in [3.63, 3.8) is 0 Å². The summed E-state index contributed by atoms with van der Waals surface area (Å²) < 4.78 is 27.9. The van der Waals surface area contributed by atoms with Crippen LogP contribution in [0.3, 0.4) is 0 Å². The molecule has 0 fully saturated rings. The second-order valence-electron chi connectivity index (χ2n) is 7.79. The Labute approximate surface area is 184 Å². The van der Waals surface area contributed by atoms with E-state index in [2.05, 4.69) is 5.32 Å². The molecule has 0 saturated heterocycles. The van der Waals surface area contributed by atoms with E-state index in [1.807, 2.05) is 52.0 Å². The Kier molecular flexibility index (Phi) is 6.81. The number of carbonyl (C=O) groups excluding carboxylic acids is 1. The second kappa shape index (κ2) is 9.35. The fourth-order valence-corrected chi connectivity index (χ4v) is 4.70. The highest BCUT2D eigenvalue weighted by molar-refractivity contribution is 7.92. The smallest absolute Gasteiger partial charge is 0.264 e. The molecular weight excluding hydrogens is 408 g/mol. The maximum Gasteiger partial charge on any atom is 0.264 e. The van der Waals surface area contributed by atoms with Gasteiger partial charge in [0.25, 0.3) is 10.0 Å². The zero-order chi connectivity index (χ0) is 22.6. The highest BCUT2D eigenvalue weighted by Gasteiger charge is 2.27. The average molecular weight is 437 g/mol. The Hall–Kier alpha value is -3.12. The van der Waals surface area contributed by atoms with Gasteiger partial charge in [0, 0.05) is 0 Å². The molecule has 0 radical (unpaired) electrons. The van der Waals surface area contributed by atoms with Crippen LogP contribution in [0.1, 0.15) is 35.2 Å². The number of rotatable bonds is 7. The van der Waals surface area contributed by atoms with E-state index in [0.29, 0.717) is 5.69 Å². The third kappa shape index (κ3) is 5.33. The van der Waals surface area contributed by atoms with E-state index in [4.69, 9.17) is 0 Å². The second-order valence-corrected chi connectivity index (χ2v) is 9.66. The van der Waals surface area contributed by atoms with Crippen LogP contribution in [0, 0.1) is 20.8 Å². The number of amides is 1. The summed E-state index contributed by atoms with van der Waals surface area (Å²) in [6.45, 7) is 7.54. The molecule has 1 atom stereocenters. The molecule has 0 aliphatic carbocycles. The molecule has 0 bridgehead atoms. The van der Waals surface area contributed by atoms with Gasteiger partial charge in [-0.1, -0.05) is 54.1 Å². The first-order valence-corrected chi connectivity index (χ1v) is 11.6. The average Bonchev–Trinajstić information content (AvgIpc) is 2.74. The lowest BCUT2D eigenvalue weighted by molar-refractivity contribution is -0.120. The summed E-state index contributed by atoms with van der Waals surface area (Å²) in [7, 11) is -3.91. The molecule has 0 heterocycles. The van der Waals surface area contributed by atoms with Crippen molar-refractivity contribution >= 4 is 21.6 Å². The van der Waals surface area contributed by atoms with Crippen molar-refractivity contribution in [1.29, 1.82) is 0 Å². The maximum atomic E-state index is 13.4. The van der Waals surface area contributed by atoms with Crippen LogP contribution in [0.15, 0.2) is 77.7 Å². The lowest BCUT2D eigenvalue weighted by Crippen LogP contribution is -2.41. The Morgan fingerprint density at radius 1 is 0.903 bits per heavy atom. The molecule has 0 spiro atoms. The van der Waals surface area contributed by atoms with E-state index < -0.39 is 10.0 Å². The molecule has 162 valence electrons. The molecule has 0 aromatic heterocycles. The third-order valence-electron chi connectivity index (χ3n) is 5.35. The molecule has 1 amide bonds. The molecule has 5 nitrogen and oxygen atoms in total. The summed E-state index contributed by atoms with van der Waals surface area (Å²) in [5.74, 6) is -0.370. The predicted molar refractivity (Wildman–Crippen MR) is 125 cm³/mol. The van der Waals surface area contributed by atoms with Crippen LogP contribution >= 0.6 is 0 Å². The van der Waals surface area contributed by atoms with Gasteiger partial charge in [-0.3, -0.25) is 9.10 Å². The van der Waals surface area contributed by atoms with Crippen molar-refractivity contribution in [2.75, 3.05) is 10.8 Å². The SMILES string of the molecule is Cc1ccc(S(=O)(=O)N(CC(=O)N[C@@H](C)c2ccc(C)c(C)c2)c2ccccc2)cc1. The Balaban J connectivity index is 1.86. The molecule has 1 N–H and O–H groups in total. The molecule has 3 aromatic rings. The topological polar surface area (TPSA) is 66.5 Å². The maximum absolute atomic E-state index is 13.4. The summed E-state index contributed by atoms with van der Waals surface area (Å²) in [4.78, 5) is 13.0. The number of aryl methyl sites for hydroxylation is 3. The first-order chi connectivity index (χ1) is 14.7. The summed E-state index contributed by atoms with van der Waals surface area (Å²) >= 11 is 0. The van der Waals surface area contributed by atoms with Gasteiger partial charge in [-0.15, -0.1) is 0 Å². The van der Waals surface area contributed by atoms with Crippen LogP contribution in [-0.4, -0.2) is 20.9 Å². The molecule has 0 aliphatic heterocycles. The molecule has 0 unspecified atom stereocenters. The van der Waals surface area contributed by atoms with Crippen LogP contribution < -0.4 is 9.62 Å². The number of hydrogen-bond acceptors (Lipinski definition) is 3. The molecule has 0 saturated carbocycles. The van der Waals surface area contributed by atoms with Gasteiger partial charge in [-0.05, 0) is 68.7 Å². The first kappa shape index (κ1) is 22.6. The van der Waals surface area contributed by atoms with E-state index in [1.54, 1.807) is 48.5 Å². The van der Waals surface area contributed by atoms with E-state index >= 15 is 0 Å². The van der Waals surface area contributed by atoms with Crippen molar-refractivity contribution < 1.29 is 13.2 Å². The normalized spacial score (nSPS) is 12.3. The van der Waals surface area contributed by atoms with Gasteiger partial charge in [0.05, 0.1) is 16.6 Å². The van der Waals surface area contributed by atoms with Gasteiger partial charge in [-0.25, -0.2) is 8.42 Å². The van der Waals surface area contributed by atoms with Crippen molar-refractivity contribution in [2.24, 2.45) is 0 Å². The van der Waals surface area contributed by atoms with E-state index in [-0.39, 0.29) is 23.4 Å². The molecular formula is C25H28N2O3S. The molecule has 3 aromatic carbocycles. The quantitative estimate of drug-likeness (QED) is 0.585. The van der Waals surface area contributed by atoms with Gasteiger partial charge in [0.2, 0.25) is 5.91 Å². The van der Waals surface area contributed by atoms with Gasteiger partial charge < -0.3 is 5.32 Å². The summed E-state index contributed by atoms with van der Waals surface area (Å²) in [5, 5.41) is 2.93. The number of anilines is 1. The predicted octanol–water partition coefficient (Wildman–Crippen LogP) is 4.68. The van der Waals surface area contributed by atoms with Crippen LogP contribution in [0.2, 0.25) is 0 Å². The van der Waals surface area contributed by atoms with E-state index in [9.17, 15) is 13.2 Å². The number of benzene rings is 3. The summed E-state index contributed by atoms with van der Waals surface area (Å²) in [6.07, 6.45) is 0. The van der Waals surface area contributed by atoms with Crippen molar-refractivity contribution in [3.05, 3.63) is 95.1 Å². The summed E-state index contributed by atoms with van der Waals surface area (Å²) in [5.41, 5.74) is 4.71. The number of sulfonamides is 1. The van der Waals surface area contributed by atoms with Crippen LogP contribution in [0.5, 0.6) is 0 Å². The Bertz CT molecular complexity index is 1160. The zero-order valence-electron chi connectivity index (χ0n) is 18.3. The standard InChI is InChI=1S/C25H28N2O3S/c1-18-10-14-24(15-11-18)31(29,30)27(23-8-6-5-7-9-23)17-25(28)26-21(4)22-13-12-19(2)20(3)16-22/h5-16,21H,17H2,1-4H3,(H,26,28)/t21-/m0/s1. The fourth-order valence-electron chi connectivity index (χ4n) is 3.28. The Morgan fingerprint density at radius 3 is 2.16 bits per heavy atom. The van der Waals surface area contributed by atoms with Gasteiger partial charge in [0.1, 0.15) is 6.54 Å². The molecule has 31 heavy (non-hydrogen) atoms. The molecule has 0 aliphatic rings. The van der Waals surface area contributed by atoms with Crippen molar-refractivity contribution in [2.45, 2.75) is 38.6 Å². The largest absolute Gasteiger partial charge is 0.348 e. The number of para-hydroxylation sites is 1. The van der Waals surface area contributed by atoms with Crippen LogP contribution in [0.25, 0.3) is 0 Å². The number of hydrogen-bond donors (Lipinski definition) is 1. The van der Waals surface area contributed by atoms with Gasteiger partial charge in [-0.2, -0.15) is 0 Å². The molecule has 6 heteroatoms. The zero-order valence-corrected chi connectivity index (χ0v) is 19.1. The first-order valence-electron chi connectivity index (χ1n) is 10.2.